The Balaban J connectivity index is 2.12. The molecule has 0 amide bonds. The van der Waals surface area contributed by atoms with Gasteiger partial charge in [0.2, 0.25) is 0 Å². The van der Waals surface area contributed by atoms with Crippen LogP contribution in [0.5, 0.6) is 5.75 Å². The molecule has 2 rings (SSSR count). The zero-order valence-electron chi connectivity index (χ0n) is 10.0. The van der Waals surface area contributed by atoms with Crippen molar-refractivity contribution in [3.05, 3.63) is 45.4 Å². The lowest BCUT2D eigenvalue weighted by Gasteiger charge is -2.14. The average Bonchev–Trinajstić information content (AvgIpc) is 2.76. The second-order valence-electron chi connectivity index (χ2n) is 3.86. The Hall–Kier alpha value is -1.26. The van der Waals surface area contributed by atoms with E-state index >= 15 is 0 Å². The Kier molecular flexibility index (Phi) is 4.09. The fourth-order valence-electron chi connectivity index (χ4n) is 1.64. The third kappa shape index (κ3) is 2.94. The molecule has 1 atom stereocenters. The van der Waals surface area contributed by atoms with E-state index in [1.54, 1.807) is 12.1 Å². The van der Waals surface area contributed by atoms with Crippen molar-refractivity contribution in [2.24, 2.45) is 0 Å². The summed E-state index contributed by atoms with van der Waals surface area (Å²) in [5.41, 5.74) is 0.713. The van der Waals surface area contributed by atoms with Crippen LogP contribution in [0, 0.1) is 5.82 Å². The summed E-state index contributed by atoms with van der Waals surface area (Å²) < 4.78 is 19.1. The Morgan fingerprint density at radius 1 is 1.33 bits per heavy atom. The van der Waals surface area contributed by atoms with Crippen LogP contribution in [0.1, 0.15) is 17.8 Å². The molecular weight excluding hydrogens is 273 g/mol. The normalized spacial score (nSPS) is 12.2. The fraction of sp³-hybridized carbons (Fsp3) is 0.231. The predicted molar refractivity (Wildman–Crippen MR) is 74.3 cm³/mol. The highest BCUT2D eigenvalue weighted by Crippen LogP contribution is 2.30. The maximum absolute atomic E-state index is 13.5. The van der Waals surface area contributed by atoms with Crippen LogP contribution in [0.2, 0.25) is 4.34 Å². The molecule has 5 heteroatoms. The fourth-order valence-corrected chi connectivity index (χ4v) is 2.70. The molecule has 96 valence electrons. The number of thiophene rings is 1. The summed E-state index contributed by atoms with van der Waals surface area (Å²) in [6.07, 6.45) is 0. The highest BCUT2D eigenvalue weighted by Gasteiger charge is 2.09. The summed E-state index contributed by atoms with van der Waals surface area (Å²) >= 11 is 7.40. The molecule has 2 aromatic rings. The van der Waals surface area contributed by atoms with Gasteiger partial charge in [0.15, 0.2) is 11.6 Å². The molecule has 18 heavy (non-hydrogen) atoms. The molecule has 0 spiro atoms. The number of rotatable bonds is 4. The van der Waals surface area contributed by atoms with E-state index in [0.29, 0.717) is 5.69 Å². The third-order valence-corrected chi connectivity index (χ3v) is 3.97. The molecule has 1 N–H and O–H groups in total. The Labute approximate surface area is 114 Å². The van der Waals surface area contributed by atoms with Crippen LogP contribution in [-0.2, 0) is 0 Å². The minimum absolute atomic E-state index is 0.0790. The van der Waals surface area contributed by atoms with Gasteiger partial charge in [0, 0.05) is 16.6 Å². The first kappa shape index (κ1) is 13.2. The number of hydrogen-bond acceptors (Lipinski definition) is 3. The number of hydrogen-bond donors (Lipinski definition) is 1. The van der Waals surface area contributed by atoms with Crippen molar-refractivity contribution >= 4 is 28.6 Å². The lowest BCUT2D eigenvalue weighted by Crippen LogP contribution is -2.05. The van der Waals surface area contributed by atoms with Gasteiger partial charge in [0.1, 0.15) is 0 Å². The molecule has 1 heterocycles. The third-order valence-electron chi connectivity index (χ3n) is 2.56. The number of nitrogens with one attached hydrogen (secondary N) is 1. The molecule has 0 bridgehead atoms. The topological polar surface area (TPSA) is 21.3 Å². The highest BCUT2D eigenvalue weighted by molar-refractivity contribution is 7.16. The second kappa shape index (κ2) is 5.59. The van der Waals surface area contributed by atoms with E-state index in [1.807, 2.05) is 19.1 Å². The first-order valence-corrected chi connectivity index (χ1v) is 6.65. The lowest BCUT2D eigenvalue weighted by molar-refractivity contribution is 0.386. The Morgan fingerprint density at radius 2 is 2.11 bits per heavy atom. The summed E-state index contributed by atoms with van der Waals surface area (Å²) in [5, 5.41) is 3.22. The second-order valence-corrected chi connectivity index (χ2v) is 5.60. The number of ether oxygens (including phenoxy) is 1. The van der Waals surface area contributed by atoms with Gasteiger partial charge >= 0.3 is 0 Å². The molecule has 2 nitrogen and oxygen atoms in total. The molecule has 0 aliphatic rings. The number of methoxy groups -OCH3 is 1. The largest absolute Gasteiger partial charge is 0.494 e. The summed E-state index contributed by atoms with van der Waals surface area (Å²) in [4.78, 5) is 1.11. The predicted octanol–water partition coefficient (Wildman–Crippen LogP) is 4.72. The Morgan fingerprint density at radius 3 is 2.67 bits per heavy atom. The van der Waals surface area contributed by atoms with Crippen LogP contribution in [0.4, 0.5) is 10.1 Å². The molecule has 1 unspecified atom stereocenters. The van der Waals surface area contributed by atoms with E-state index in [2.05, 4.69) is 5.32 Å². The van der Waals surface area contributed by atoms with Gasteiger partial charge in [-0.1, -0.05) is 11.6 Å². The summed E-state index contributed by atoms with van der Waals surface area (Å²) in [5.74, 6) is -0.133. The summed E-state index contributed by atoms with van der Waals surface area (Å²) in [6, 6.07) is 8.71. The van der Waals surface area contributed by atoms with Crippen molar-refractivity contribution in [3.63, 3.8) is 0 Å². The molecular formula is C13H13ClFNOS. The van der Waals surface area contributed by atoms with Crippen LogP contribution in [0.3, 0.4) is 0 Å². The molecule has 0 aliphatic heterocycles. The molecule has 0 radical (unpaired) electrons. The molecule has 0 aliphatic carbocycles. The molecule has 1 aromatic heterocycles. The van der Waals surface area contributed by atoms with E-state index in [-0.39, 0.29) is 17.6 Å². The zero-order valence-corrected chi connectivity index (χ0v) is 11.6. The number of anilines is 1. The van der Waals surface area contributed by atoms with Gasteiger partial charge in [-0.15, -0.1) is 11.3 Å². The van der Waals surface area contributed by atoms with Crippen LogP contribution < -0.4 is 10.1 Å². The van der Waals surface area contributed by atoms with Crippen molar-refractivity contribution in [3.8, 4) is 5.75 Å². The van der Waals surface area contributed by atoms with E-state index in [1.165, 1.54) is 24.5 Å². The Bertz CT molecular complexity index is 544. The van der Waals surface area contributed by atoms with Crippen molar-refractivity contribution in [2.75, 3.05) is 12.4 Å². The molecule has 0 saturated heterocycles. The van der Waals surface area contributed by atoms with E-state index < -0.39 is 0 Å². The van der Waals surface area contributed by atoms with Crippen LogP contribution >= 0.6 is 22.9 Å². The monoisotopic (exact) mass is 285 g/mol. The van der Waals surface area contributed by atoms with Gasteiger partial charge in [0.05, 0.1) is 17.5 Å². The number of halogens is 2. The van der Waals surface area contributed by atoms with Crippen LogP contribution in [-0.4, -0.2) is 7.11 Å². The van der Waals surface area contributed by atoms with Gasteiger partial charge in [-0.05, 0) is 31.2 Å². The minimum atomic E-state index is -0.376. The SMILES string of the molecule is COc1ccc(NC(C)c2ccc(Cl)s2)cc1F. The molecule has 1 aromatic carbocycles. The van der Waals surface area contributed by atoms with Crippen molar-refractivity contribution < 1.29 is 9.13 Å². The minimum Gasteiger partial charge on any atom is -0.494 e. The van der Waals surface area contributed by atoms with Gasteiger partial charge in [-0.2, -0.15) is 0 Å². The smallest absolute Gasteiger partial charge is 0.167 e. The zero-order chi connectivity index (χ0) is 13.1. The first-order valence-electron chi connectivity index (χ1n) is 5.45. The van der Waals surface area contributed by atoms with E-state index in [9.17, 15) is 4.39 Å². The molecule has 0 fully saturated rings. The van der Waals surface area contributed by atoms with Crippen molar-refractivity contribution in [1.29, 1.82) is 0 Å². The van der Waals surface area contributed by atoms with Gasteiger partial charge in [-0.25, -0.2) is 4.39 Å². The average molecular weight is 286 g/mol. The first-order chi connectivity index (χ1) is 8.60. The lowest BCUT2D eigenvalue weighted by atomic mass is 10.2. The summed E-state index contributed by atoms with van der Waals surface area (Å²) in [6.45, 7) is 2.00. The van der Waals surface area contributed by atoms with E-state index in [4.69, 9.17) is 16.3 Å². The van der Waals surface area contributed by atoms with Crippen molar-refractivity contribution in [1.82, 2.24) is 0 Å². The van der Waals surface area contributed by atoms with Crippen molar-refractivity contribution in [2.45, 2.75) is 13.0 Å². The van der Waals surface area contributed by atoms with Gasteiger partial charge in [-0.3, -0.25) is 0 Å². The number of benzene rings is 1. The maximum Gasteiger partial charge on any atom is 0.167 e. The quantitative estimate of drug-likeness (QED) is 0.877. The van der Waals surface area contributed by atoms with Crippen LogP contribution in [0.25, 0.3) is 0 Å². The molecule has 0 saturated carbocycles. The summed E-state index contributed by atoms with van der Waals surface area (Å²) in [7, 11) is 1.45. The van der Waals surface area contributed by atoms with Gasteiger partial charge < -0.3 is 10.1 Å². The van der Waals surface area contributed by atoms with Gasteiger partial charge in [0.25, 0.3) is 0 Å². The van der Waals surface area contributed by atoms with E-state index in [0.717, 1.165) is 9.21 Å². The van der Waals surface area contributed by atoms with Crippen LogP contribution in [0.15, 0.2) is 30.3 Å². The highest BCUT2D eigenvalue weighted by atomic mass is 35.5. The maximum atomic E-state index is 13.5. The standard InChI is InChI=1S/C13H13ClFNOS/c1-8(12-5-6-13(14)18-12)16-9-3-4-11(17-2)10(15)7-9/h3-8,16H,1-2H3.